The third-order valence-corrected chi connectivity index (χ3v) is 3.83. The Morgan fingerprint density at radius 2 is 1.82 bits per heavy atom. The van der Waals surface area contributed by atoms with Gasteiger partial charge in [-0.25, -0.2) is 12.8 Å². The molecule has 6 heteroatoms. The van der Waals surface area contributed by atoms with Gasteiger partial charge in [-0.2, -0.15) is 0 Å². The summed E-state index contributed by atoms with van der Waals surface area (Å²) in [5.74, 6) is -1.79. The van der Waals surface area contributed by atoms with Gasteiger partial charge in [0.1, 0.15) is 5.82 Å². The number of hydrogen-bond acceptors (Lipinski definition) is 3. The van der Waals surface area contributed by atoms with Crippen LogP contribution in [0.2, 0.25) is 0 Å². The molecule has 4 nitrogen and oxygen atoms in total. The first-order chi connectivity index (χ1) is 7.89. The fraction of sp³-hybridized carbons (Fsp3) is 0.364. The quantitative estimate of drug-likeness (QED) is 0.843. The Balaban J connectivity index is 2.54. The Kier molecular flexibility index (Phi) is 4.62. The molecule has 0 bridgehead atoms. The Bertz CT molecular complexity index is 479. The predicted octanol–water partition coefficient (Wildman–Crippen LogP) is 1.61. The molecular weight excluding hydrogens is 247 g/mol. The Morgan fingerprint density at radius 3 is 2.35 bits per heavy atom. The highest BCUT2D eigenvalue weighted by Crippen LogP contribution is 2.09. The summed E-state index contributed by atoms with van der Waals surface area (Å²) >= 11 is 0. The normalized spacial score (nSPS) is 11.4. The maximum atomic E-state index is 12.6. The molecule has 1 aromatic rings. The standard InChI is InChI=1S/C11H13FO4S/c12-10-5-3-9(4-6-10)8-17(15,16)7-1-2-11(13)14/h3-6H,1-2,7-8H2,(H,13,14). The lowest BCUT2D eigenvalue weighted by molar-refractivity contribution is -0.137. The molecular formula is C11H13FO4S. The number of sulfone groups is 1. The molecule has 17 heavy (non-hydrogen) atoms. The largest absolute Gasteiger partial charge is 0.481 e. The summed E-state index contributed by atoms with van der Waals surface area (Å²) < 4.78 is 35.8. The minimum Gasteiger partial charge on any atom is -0.481 e. The number of halogens is 1. The molecule has 0 aliphatic carbocycles. The van der Waals surface area contributed by atoms with E-state index in [2.05, 4.69) is 0 Å². The minimum atomic E-state index is -3.33. The van der Waals surface area contributed by atoms with Crippen LogP contribution < -0.4 is 0 Å². The zero-order chi connectivity index (χ0) is 12.9. The average molecular weight is 260 g/mol. The second kappa shape index (κ2) is 5.77. The third kappa shape index (κ3) is 5.44. The summed E-state index contributed by atoms with van der Waals surface area (Å²) in [4.78, 5) is 10.2. The second-order valence-corrected chi connectivity index (χ2v) is 5.90. The molecule has 0 heterocycles. The monoisotopic (exact) mass is 260 g/mol. The topological polar surface area (TPSA) is 71.4 Å². The molecule has 1 aromatic carbocycles. The molecule has 1 rings (SSSR count). The number of carboxylic acid groups (broad SMARTS) is 1. The van der Waals surface area contributed by atoms with Gasteiger partial charge >= 0.3 is 5.97 Å². The van der Waals surface area contributed by atoms with Crippen LogP contribution in [0.3, 0.4) is 0 Å². The van der Waals surface area contributed by atoms with E-state index in [4.69, 9.17) is 5.11 Å². The van der Waals surface area contributed by atoms with Crippen LogP contribution in [0.1, 0.15) is 18.4 Å². The van der Waals surface area contributed by atoms with Gasteiger partial charge < -0.3 is 5.11 Å². The lowest BCUT2D eigenvalue weighted by Crippen LogP contribution is -2.10. The van der Waals surface area contributed by atoms with Crippen molar-refractivity contribution in [2.45, 2.75) is 18.6 Å². The lowest BCUT2D eigenvalue weighted by atomic mass is 10.2. The van der Waals surface area contributed by atoms with E-state index in [9.17, 15) is 17.6 Å². The van der Waals surface area contributed by atoms with Crippen LogP contribution in [-0.2, 0) is 20.4 Å². The highest BCUT2D eigenvalue weighted by Gasteiger charge is 2.12. The van der Waals surface area contributed by atoms with Gasteiger partial charge in [-0.05, 0) is 24.1 Å². The van der Waals surface area contributed by atoms with Crippen LogP contribution in [0, 0.1) is 5.82 Å². The van der Waals surface area contributed by atoms with Gasteiger partial charge in [0.2, 0.25) is 0 Å². The Hall–Kier alpha value is -1.43. The van der Waals surface area contributed by atoms with Crippen molar-refractivity contribution in [3.63, 3.8) is 0 Å². The fourth-order valence-corrected chi connectivity index (χ4v) is 2.78. The lowest BCUT2D eigenvalue weighted by Gasteiger charge is -2.03. The van der Waals surface area contributed by atoms with Gasteiger partial charge in [-0.3, -0.25) is 4.79 Å². The molecule has 94 valence electrons. The van der Waals surface area contributed by atoms with Crippen LogP contribution >= 0.6 is 0 Å². The van der Waals surface area contributed by atoms with E-state index in [1.807, 2.05) is 0 Å². The minimum absolute atomic E-state index is 0.0961. The van der Waals surface area contributed by atoms with Crippen molar-refractivity contribution in [1.29, 1.82) is 0 Å². The summed E-state index contributed by atoms with van der Waals surface area (Å²) in [6.07, 6.45) is -0.0679. The molecule has 1 N–H and O–H groups in total. The molecule has 0 aromatic heterocycles. The average Bonchev–Trinajstić information content (AvgIpc) is 2.20. The molecule has 0 aliphatic heterocycles. The first kappa shape index (κ1) is 13.6. The van der Waals surface area contributed by atoms with Crippen molar-refractivity contribution in [2.75, 3.05) is 5.75 Å². The van der Waals surface area contributed by atoms with Gasteiger partial charge in [0.15, 0.2) is 9.84 Å². The molecule has 0 unspecified atom stereocenters. The van der Waals surface area contributed by atoms with Crippen molar-refractivity contribution < 1.29 is 22.7 Å². The maximum Gasteiger partial charge on any atom is 0.303 e. The number of carboxylic acids is 1. The zero-order valence-electron chi connectivity index (χ0n) is 9.10. The van der Waals surface area contributed by atoms with Gasteiger partial charge in [-0.15, -0.1) is 0 Å². The number of benzene rings is 1. The van der Waals surface area contributed by atoms with E-state index in [-0.39, 0.29) is 24.3 Å². The van der Waals surface area contributed by atoms with Crippen molar-refractivity contribution >= 4 is 15.8 Å². The second-order valence-electron chi connectivity index (χ2n) is 3.72. The molecule has 0 radical (unpaired) electrons. The highest BCUT2D eigenvalue weighted by atomic mass is 32.2. The van der Waals surface area contributed by atoms with Crippen molar-refractivity contribution in [3.05, 3.63) is 35.6 Å². The molecule has 0 aliphatic rings. The van der Waals surface area contributed by atoms with E-state index in [1.54, 1.807) is 0 Å². The molecule has 0 atom stereocenters. The summed E-state index contributed by atoms with van der Waals surface area (Å²) in [6, 6.07) is 5.21. The van der Waals surface area contributed by atoms with Crippen LogP contribution in [-0.4, -0.2) is 25.2 Å². The number of rotatable bonds is 6. The van der Waals surface area contributed by atoms with E-state index < -0.39 is 21.6 Å². The summed E-state index contributed by atoms with van der Waals surface area (Å²) in [7, 11) is -3.33. The van der Waals surface area contributed by atoms with E-state index >= 15 is 0 Å². The fourth-order valence-electron chi connectivity index (χ4n) is 1.35. The van der Waals surface area contributed by atoms with Crippen LogP contribution in [0.4, 0.5) is 4.39 Å². The van der Waals surface area contributed by atoms with Crippen molar-refractivity contribution in [2.24, 2.45) is 0 Å². The molecule has 0 saturated carbocycles. The first-order valence-corrected chi connectivity index (χ1v) is 6.88. The van der Waals surface area contributed by atoms with E-state index in [1.165, 1.54) is 24.3 Å². The molecule has 0 saturated heterocycles. The van der Waals surface area contributed by atoms with Gasteiger partial charge in [0.05, 0.1) is 11.5 Å². The Labute approximate surface area is 99.0 Å². The smallest absolute Gasteiger partial charge is 0.303 e. The van der Waals surface area contributed by atoms with Crippen LogP contribution in [0.5, 0.6) is 0 Å². The van der Waals surface area contributed by atoms with E-state index in [0.29, 0.717) is 5.56 Å². The summed E-state index contributed by atoms with van der Waals surface area (Å²) in [5.41, 5.74) is 0.502. The van der Waals surface area contributed by atoms with Crippen molar-refractivity contribution in [1.82, 2.24) is 0 Å². The number of aliphatic carboxylic acids is 1. The van der Waals surface area contributed by atoms with E-state index in [0.717, 1.165) is 0 Å². The Morgan fingerprint density at radius 1 is 1.24 bits per heavy atom. The van der Waals surface area contributed by atoms with Crippen molar-refractivity contribution in [3.8, 4) is 0 Å². The zero-order valence-corrected chi connectivity index (χ0v) is 9.91. The van der Waals surface area contributed by atoms with Gasteiger partial charge in [0.25, 0.3) is 0 Å². The highest BCUT2D eigenvalue weighted by molar-refractivity contribution is 7.90. The van der Waals surface area contributed by atoms with Crippen LogP contribution in [0.15, 0.2) is 24.3 Å². The molecule has 0 spiro atoms. The summed E-state index contributed by atoms with van der Waals surface area (Å²) in [5, 5.41) is 8.39. The maximum absolute atomic E-state index is 12.6. The van der Waals surface area contributed by atoms with Gasteiger partial charge in [-0.1, -0.05) is 12.1 Å². The number of carbonyl (C=O) groups is 1. The first-order valence-electron chi connectivity index (χ1n) is 5.06. The molecule has 0 amide bonds. The SMILES string of the molecule is O=C(O)CCCS(=O)(=O)Cc1ccc(F)cc1. The third-order valence-electron chi connectivity index (χ3n) is 2.15. The summed E-state index contributed by atoms with van der Waals surface area (Å²) in [6.45, 7) is 0. The van der Waals surface area contributed by atoms with Gasteiger partial charge in [0, 0.05) is 6.42 Å². The molecule has 0 fully saturated rings. The van der Waals surface area contributed by atoms with Crippen LogP contribution in [0.25, 0.3) is 0 Å². The predicted molar refractivity (Wildman–Crippen MR) is 60.8 cm³/mol. The number of hydrogen-bond donors (Lipinski definition) is 1.